The monoisotopic (exact) mass is 239 g/mol. The summed E-state index contributed by atoms with van der Waals surface area (Å²) in [5.74, 6) is -0.904. The molecule has 0 rings (SSSR count). The lowest BCUT2D eigenvalue weighted by Crippen LogP contribution is -2.36. The zero-order valence-corrected chi connectivity index (χ0v) is 10.3. The molecule has 1 atom stereocenters. The number of nitrogens with one attached hydrogen (secondary N) is 1. The van der Waals surface area contributed by atoms with Crippen LogP contribution in [0.1, 0.15) is 20.3 Å². The van der Waals surface area contributed by atoms with Crippen molar-refractivity contribution in [3.05, 3.63) is 0 Å². The largest absolute Gasteiger partial charge is 0.480 e. The fourth-order valence-electron chi connectivity index (χ4n) is 1.05. The van der Waals surface area contributed by atoms with E-state index in [-0.39, 0.29) is 5.92 Å². The molecule has 0 radical (unpaired) electrons. The number of carboxylic acid groups (broad SMARTS) is 1. The predicted molar refractivity (Wildman–Crippen MR) is 55.6 cm³/mol. The van der Waals surface area contributed by atoms with E-state index >= 15 is 0 Å². The molecule has 0 saturated carbocycles. The molecule has 90 valence electrons. The van der Waals surface area contributed by atoms with Crippen molar-refractivity contribution >= 4 is 13.7 Å². The van der Waals surface area contributed by atoms with Gasteiger partial charge in [-0.2, -0.15) is 0 Å². The van der Waals surface area contributed by atoms with Crippen molar-refractivity contribution in [2.45, 2.75) is 26.3 Å². The van der Waals surface area contributed by atoms with Crippen molar-refractivity contribution in [3.8, 4) is 0 Å². The summed E-state index contributed by atoms with van der Waals surface area (Å²) in [5, 5.41) is 11.3. The quantitative estimate of drug-likeness (QED) is 0.654. The summed E-state index contributed by atoms with van der Waals surface area (Å²) < 4.78 is 20.8. The fourth-order valence-corrected chi connectivity index (χ4v) is 2.01. The molecule has 0 saturated heterocycles. The smallest absolute Gasteiger partial charge is 0.405 e. The van der Waals surface area contributed by atoms with Gasteiger partial charge in [0, 0.05) is 14.2 Å². The van der Waals surface area contributed by atoms with E-state index in [1.807, 2.05) is 13.8 Å². The van der Waals surface area contributed by atoms with Gasteiger partial charge in [-0.3, -0.25) is 4.79 Å². The van der Waals surface area contributed by atoms with E-state index < -0.39 is 19.8 Å². The molecule has 6 nitrogen and oxygen atoms in total. The second kappa shape index (κ2) is 6.23. The van der Waals surface area contributed by atoms with Crippen LogP contribution in [0, 0.1) is 5.92 Å². The minimum absolute atomic E-state index is 0.167. The third-order valence-electron chi connectivity index (χ3n) is 1.80. The van der Waals surface area contributed by atoms with Crippen LogP contribution < -0.4 is 5.09 Å². The van der Waals surface area contributed by atoms with Gasteiger partial charge in [0.25, 0.3) is 0 Å². The first kappa shape index (κ1) is 14.6. The molecule has 15 heavy (non-hydrogen) atoms. The van der Waals surface area contributed by atoms with Crippen LogP contribution in [0.2, 0.25) is 0 Å². The van der Waals surface area contributed by atoms with Crippen LogP contribution in [0.25, 0.3) is 0 Å². The van der Waals surface area contributed by atoms with Crippen molar-refractivity contribution in [2.75, 3.05) is 14.2 Å². The Bertz CT molecular complexity index is 247. The molecule has 0 fully saturated rings. The molecule has 7 heteroatoms. The Kier molecular flexibility index (Phi) is 6.05. The second-order valence-corrected chi connectivity index (χ2v) is 5.50. The third-order valence-corrected chi connectivity index (χ3v) is 3.39. The van der Waals surface area contributed by atoms with Crippen LogP contribution in [0.15, 0.2) is 0 Å². The summed E-state index contributed by atoms with van der Waals surface area (Å²) in [6, 6.07) is -0.935. The summed E-state index contributed by atoms with van der Waals surface area (Å²) in [6.07, 6.45) is 0.353. The molecule has 0 aliphatic heterocycles. The van der Waals surface area contributed by atoms with Gasteiger partial charge in [-0.1, -0.05) is 13.8 Å². The molecule has 0 aliphatic rings. The maximum atomic E-state index is 11.6. The summed E-state index contributed by atoms with van der Waals surface area (Å²) >= 11 is 0. The average molecular weight is 239 g/mol. The van der Waals surface area contributed by atoms with E-state index in [1.165, 1.54) is 14.2 Å². The standard InChI is InChI=1S/C8H18NO5P/c1-6(2)5-7(8(10)11)9-15(12,13-3)14-4/h6-7H,5H2,1-4H3,(H,9,12)(H,10,11)/t7-/m0/s1. The first-order valence-electron chi connectivity index (χ1n) is 4.56. The maximum absolute atomic E-state index is 11.6. The van der Waals surface area contributed by atoms with E-state index in [0.29, 0.717) is 6.42 Å². The van der Waals surface area contributed by atoms with E-state index in [2.05, 4.69) is 14.1 Å². The molecule has 0 heterocycles. The van der Waals surface area contributed by atoms with Crippen molar-refractivity contribution in [1.82, 2.24) is 5.09 Å². The lowest BCUT2D eigenvalue weighted by Gasteiger charge is -2.21. The molecule has 0 aromatic carbocycles. The maximum Gasteiger partial charge on any atom is 0.405 e. The Morgan fingerprint density at radius 1 is 1.40 bits per heavy atom. The van der Waals surface area contributed by atoms with Crippen LogP contribution >= 0.6 is 7.75 Å². The fraction of sp³-hybridized carbons (Fsp3) is 0.875. The molecule has 2 N–H and O–H groups in total. The molecule has 0 aromatic heterocycles. The van der Waals surface area contributed by atoms with Gasteiger partial charge in [0.15, 0.2) is 0 Å². The van der Waals surface area contributed by atoms with Gasteiger partial charge in [0.05, 0.1) is 0 Å². The first-order valence-corrected chi connectivity index (χ1v) is 6.11. The van der Waals surface area contributed by atoms with Gasteiger partial charge in [-0.05, 0) is 12.3 Å². The highest BCUT2D eigenvalue weighted by molar-refractivity contribution is 7.51. The van der Waals surface area contributed by atoms with Crippen LogP contribution in [0.4, 0.5) is 0 Å². The van der Waals surface area contributed by atoms with Crippen molar-refractivity contribution in [3.63, 3.8) is 0 Å². The zero-order valence-electron chi connectivity index (χ0n) is 9.39. The second-order valence-electron chi connectivity index (χ2n) is 3.51. The molecule has 0 amide bonds. The molecular weight excluding hydrogens is 221 g/mol. The minimum atomic E-state index is -3.48. The third kappa shape index (κ3) is 5.28. The highest BCUT2D eigenvalue weighted by atomic mass is 31.2. The van der Waals surface area contributed by atoms with Gasteiger partial charge in [0.2, 0.25) is 0 Å². The van der Waals surface area contributed by atoms with E-state index in [0.717, 1.165) is 0 Å². The lowest BCUT2D eigenvalue weighted by molar-refractivity contribution is -0.139. The Balaban J connectivity index is 4.53. The Morgan fingerprint density at radius 3 is 2.13 bits per heavy atom. The average Bonchev–Trinajstić information content (AvgIpc) is 2.16. The zero-order chi connectivity index (χ0) is 12.1. The van der Waals surface area contributed by atoms with Crippen molar-refractivity contribution < 1.29 is 23.5 Å². The number of aliphatic carboxylic acids is 1. The van der Waals surface area contributed by atoms with Crippen LogP contribution in [-0.2, 0) is 18.4 Å². The Morgan fingerprint density at radius 2 is 1.87 bits per heavy atom. The number of carbonyl (C=O) groups is 1. The molecule has 0 aromatic rings. The van der Waals surface area contributed by atoms with Gasteiger partial charge in [-0.15, -0.1) is 0 Å². The summed E-state index contributed by atoms with van der Waals surface area (Å²) in [7, 11) is -1.08. The molecule has 0 spiro atoms. The Labute approximate surface area is 89.5 Å². The molecule has 0 unspecified atom stereocenters. The highest BCUT2D eigenvalue weighted by Gasteiger charge is 2.30. The SMILES string of the molecule is COP(=O)(N[C@@H](CC(C)C)C(=O)O)OC. The van der Waals surface area contributed by atoms with Crippen LogP contribution in [0.5, 0.6) is 0 Å². The van der Waals surface area contributed by atoms with Gasteiger partial charge in [-0.25, -0.2) is 9.65 Å². The lowest BCUT2D eigenvalue weighted by atomic mass is 10.1. The molecule has 0 aliphatic carbocycles. The normalized spacial score (nSPS) is 14.2. The van der Waals surface area contributed by atoms with Gasteiger partial charge in [0.1, 0.15) is 6.04 Å². The molecule has 0 bridgehead atoms. The summed E-state index contributed by atoms with van der Waals surface area (Å²) in [4.78, 5) is 10.8. The number of hydrogen-bond acceptors (Lipinski definition) is 4. The van der Waals surface area contributed by atoms with E-state index in [4.69, 9.17) is 5.11 Å². The van der Waals surface area contributed by atoms with Crippen LogP contribution in [0.3, 0.4) is 0 Å². The number of rotatable bonds is 7. The topological polar surface area (TPSA) is 84.9 Å². The molecular formula is C8H18NO5P. The predicted octanol–water partition coefficient (Wildman–Crippen LogP) is 1.48. The number of hydrogen-bond donors (Lipinski definition) is 2. The highest BCUT2D eigenvalue weighted by Crippen LogP contribution is 2.42. The summed E-state index contributed by atoms with van der Waals surface area (Å²) in [5.41, 5.74) is 0. The Hall–Kier alpha value is -0.420. The number of carboxylic acids is 1. The van der Waals surface area contributed by atoms with Crippen molar-refractivity contribution in [2.24, 2.45) is 5.92 Å². The van der Waals surface area contributed by atoms with Crippen LogP contribution in [-0.4, -0.2) is 31.3 Å². The minimum Gasteiger partial charge on any atom is -0.480 e. The van der Waals surface area contributed by atoms with Crippen molar-refractivity contribution in [1.29, 1.82) is 0 Å². The first-order chi connectivity index (χ1) is 6.84. The van der Waals surface area contributed by atoms with E-state index in [9.17, 15) is 9.36 Å². The summed E-state index contributed by atoms with van der Waals surface area (Å²) in [6.45, 7) is 3.75. The van der Waals surface area contributed by atoms with Gasteiger partial charge < -0.3 is 14.2 Å². The van der Waals surface area contributed by atoms with Gasteiger partial charge >= 0.3 is 13.7 Å². The van der Waals surface area contributed by atoms with E-state index in [1.54, 1.807) is 0 Å².